The Bertz CT molecular complexity index is 1160. The zero-order valence-corrected chi connectivity index (χ0v) is 24.4. The largest absolute Gasteiger partial charge is 0.354 e. The van der Waals surface area contributed by atoms with Crippen LogP contribution in [0.1, 0.15) is 50.7 Å². The maximum Gasteiger partial charge on any atom is 0.242 e. The monoisotopic (exact) mass is 599 g/mol. The zero-order valence-electron chi connectivity index (χ0n) is 21.3. The summed E-state index contributed by atoms with van der Waals surface area (Å²) in [6.45, 7) is 6.47. The molecule has 0 unspecified atom stereocenters. The molecule has 0 aromatic heterocycles. The first kappa shape index (κ1) is 30.1. The van der Waals surface area contributed by atoms with E-state index in [1.807, 2.05) is 31.2 Å². The summed E-state index contributed by atoms with van der Waals surface area (Å²) in [6, 6.07) is 12.0. The number of hydrogen-bond acceptors (Lipinski definition) is 4. The minimum atomic E-state index is -3.59. The highest BCUT2D eigenvalue weighted by molar-refractivity contribution is 9.10. The Labute approximate surface area is 228 Å². The van der Waals surface area contributed by atoms with Crippen molar-refractivity contribution in [2.75, 3.05) is 23.7 Å². The number of nitrogens with one attached hydrogen (secondary N) is 1. The molecule has 198 valence electrons. The smallest absolute Gasteiger partial charge is 0.242 e. The number of sulfonamides is 1. The number of carbonyl (C=O) groups excluding carboxylic acids is 2. The van der Waals surface area contributed by atoms with Crippen LogP contribution < -0.4 is 9.62 Å². The molecule has 36 heavy (non-hydrogen) atoms. The second-order valence-corrected chi connectivity index (χ2v) is 12.0. The Balaban J connectivity index is 2.18. The lowest BCUT2D eigenvalue weighted by Gasteiger charge is -2.29. The van der Waals surface area contributed by atoms with E-state index in [1.165, 1.54) is 4.31 Å². The number of amides is 2. The Morgan fingerprint density at radius 3 is 2.47 bits per heavy atom. The van der Waals surface area contributed by atoms with Crippen molar-refractivity contribution in [3.63, 3.8) is 0 Å². The van der Waals surface area contributed by atoms with Crippen molar-refractivity contribution in [1.29, 1.82) is 0 Å². The van der Waals surface area contributed by atoms with Gasteiger partial charge in [-0.3, -0.25) is 13.9 Å². The van der Waals surface area contributed by atoms with Crippen LogP contribution in [-0.2, 0) is 26.2 Å². The number of nitrogens with zero attached hydrogens (tertiary/aromatic N) is 2. The van der Waals surface area contributed by atoms with Gasteiger partial charge >= 0.3 is 0 Å². The van der Waals surface area contributed by atoms with E-state index in [1.54, 1.807) is 36.9 Å². The standard InChI is InChI=1S/C26H35BrClN3O4S/c1-5-6-15-29-26(33)20(3)30(18-21-10-7-11-22(27)17-21)25(32)14-9-16-31(36(4,34)35)24-13-8-12-23(28)19(24)2/h7-8,10-13,17,20H,5-6,9,14-16,18H2,1-4H3,(H,29,33)/t20-/m0/s1. The van der Waals surface area contributed by atoms with Crippen LogP contribution in [0, 0.1) is 6.92 Å². The predicted molar refractivity (Wildman–Crippen MR) is 150 cm³/mol. The van der Waals surface area contributed by atoms with Crippen molar-refractivity contribution >= 4 is 55.1 Å². The Morgan fingerprint density at radius 1 is 1.14 bits per heavy atom. The van der Waals surface area contributed by atoms with Crippen molar-refractivity contribution in [2.24, 2.45) is 0 Å². The number of halogens is 2. The topological polar surface area (TPSA) is 86.8 Å². The summed E-state index contributed by atoms with van der Waals surface area (Å²) in [5.74, 6) is -0.427. The molecule has 0 fully saturated rings. The third-order valence-corrected chi connectivity index (χ3v) is 7.98. The second kappa shape index (κ2) is 14.0. The van der Waals surface area contributed by atoms with Gasteiger partial charge in [0.25, 0.3) is 0 Å². The summed E-state index contributed by atoms with van der Waals surface area (Å²) < 4.78 is 27.2. The van der Waals surface area contributed by atoms with E-state index in [0.29, 0.717) is 22.8 Å². The van der Waals surface area contributed by atoms with Crippen LogP contribution in [0.2, 0.25) is 5.02 Å². The third-order valence-electron chi connectivity index (χ3n) is 5.90. The Hall–Kier alpha value is -2.10. The highest BCUT2D eigenvalue weighted by atomic mass is 79.9. The first-order valence-corrected chi connectivity index (χ1v) is 15.0. The molecule has 2 aromatic carbocycles. The molecule has 10 heteroatoms. The molecular weight excluding hydrogens is 566 g/mol. The molecule has 0 aliphatic carbocycles. The summed E-state index contributed by atoms with van der Waals surface area (Å²) in [4.78, 5) is 27.7. The molecule has 0 heterocycles. The van der Waals surface area contributed by atoms with Crippen LogP contribution in [0.25, 0.3) is 0 Å². The summed E-state index contributed by atoms with van der Waals surface area (Å²) in [5, 5.41) is 3.37. The molecule has 0 aliphatic rings. The summed E-state index contributed by atoms with van der Waals surface area (Å²) in [6.07, 6.45) is 3.33. The number of hydrogen-bond donors (Lipinski definition) is 1. The number of unbranched alkanes of at least 4 members (excludes halogenated alkanes) is 1. The van der Waals surface area contributed by atoms with Crippen LogP contribution in [0.4, 0.5) is 5.69 Å². The van der Waals surface area contributed by atoms with E-state index in [4.69, 9.17) is 11.6 Å². The van der Waals surface area contributed by atoms with Crippen molar-refractivity contribution in [2.45, 2.75) is 59.0 Å². The van der Waals surface area contributed by atoms with Crippen LogP contribution >= 0.6 is 27.5 Å². The fraction of sp³-hybridized carbons (Fsp3) is 0.462. The first-order valence-electron chi connectivity index (χ1n) is 12.0. The average molecular weight is 601 g/mol. The quantitative estimate of drug-likeness (QED) is 0.317. The van der Waals surface area contributed by atoms with Gasteiger partial charge in [0.2, 0.25) is 21.8 Å². The summed E-state index contributed by atoms with van der Waals surface area (Å²) >= 11 is 9.66. The maximum absolute atomic E-state index is 13.3. The zero-order chi connectivity index (χ0) is 26.9. The van der Waals surface area contributed by atoms with E-state index in [0.717, 1.165) is 29.1 Å². The molecule has 0 aliphatic heterocycles. The summed E-state index contributed by atoms with van der Waals surface area (Å²) in [5.41, 5.74) is 2.04. The molecule has 0 radical (unpaired) electrons. The van der Waals surface area contributed by atoms with E-state index in [-0.39, 0.29) is 37.7 Å². The van der Waals surface area contributed by atoms with E-state index in [9.17, 15) is 18.0 Å². The highest BCUT2D eigenvalue weighted by Gasteiger charge is 2.27. The second-order valence-electron chi connectivity index (χ2n) is 8.79. The number of benzene rings is 2. The van der Waals surface area contributed by atoms with Gasteiger partial charge in [-0.1, -0.05) is 59.1 Å². The average Bonchev–Trinajstić information content (AvgIpc) is 2.81. The number of anilines is 1. The van der Waals surface area contributed by atoms with Crippen LogP contribution in [0.5, 0.6) is 0 Å². The van der Waals surface area contributed by atoms with E-state index in [2.05, 4.69) is 21.2 Å². The molecular formula is C26H35BrClN3O4S. The normalized spacial score (nSPS) is 12.2. The molecule has 1 atom stereocenters. The minimum Gasteiger partial charge on any atom is -0.354 e. The molecule has 0 spiro atoms. The highest BCUT2D eigenvalue weighted by Crippen LogP contribution is 2.28. The van der Waals surface area contributed by atoms with Gasteiger partial charge in [0.15, 0.2) is 0 Å². The maximum atomic E-state index is 13.3. The lowest BCUT2D eigenvalue weighted by atomic mass is 10.1. The first-order chi connectivity index (χ1) is 17.0. The van der Waals surface area contributed by atoms with Gasteiger partial charge in [-0.15, -0.1) is 0 Å². The molecule has 1 N–H and O–H groups in total. The third kappa shape index (κ3) is 8.78. The lowest BCUT2D eigenvalue weighted by molar-refractivity contribution is -0.140. The van der Waals surface area contributed by atoms with Crippen molar-refractivity contribution in [3.8, 4) is 0 Å². The summed E-state index contributed by atoms with van der Waals surface area (Å²) in [7, 11) is -3.59. The van der Waals surface area contributed by atoms with Gasteiger partial charge in [0.05, 0.1) is 11.9 Å². The molecule has 0 bridgehead atoms. The number of carbonyl (C=O) groups is 2. The van der Waals surface area contributed by atoms with E-state index >= 15 is 0 Å². The van der Waals surface area contributed by atoms with E-state index < -0.39 is 16.1 Å². The van der Waals surface area contributed by atoms with Crippen molar-refractivity contribution in [1.82, 2.24) is 10.2 Å². The van der Waals surface area contributed by atoms with Crippen LogP contribution in [0.3, 0.4) is 0 Å². The number of rotatable bonds is 13. The molecule has 2 aromatic rings. The predicted octanol–water partition coefficient (Wildman–Crippen LogP) is 5.29. The Kier molecular flexibility index (Phi) is 11.7. The Morgan fingerprint density at radius 2 is 1.83 bits per heavy atom. The molecule has 7 nitrogen and oxygen atoms in total. The van der Waals surface area contributed by atoms with Gasteiger partial charge in [-0.25, -0.2) is 8.42 Å². The van der Waals surface area contributed by atoms with Gasteiger partial charge < -0.3 is 10.2 Å². The molecule has 0 saturated carbocycles. The minimum absolute atomic E-state index is 0.0895. The molecule has 2 amide bonds. The SMILES string of the molecule is CCCCNC(=O)[C@H](C)N(Cc1cccc(Br)c1)C(=O)CCCN(c1cccc(Cl)c1C)S(C)(=O)=O. The fourth-order valence-corrected chi connectivity index (χ4v) is 5.43. The molecule has 2 rings (SSSR count). The van der Waals surface area contributed by atoms with Crippen LogP contribution in [-0.4, -0.2) is 50.5 Å². The van der Waals surface area contributed by atoms with Gasteiger partial charge in [-0.05, 0) is 62.1 Å². The lowest BCUT2D eigenvalue weighted by Crippen LogP contribution is -2.48. The van der Waals surface area contributed by atoms with Gasteiger partial charge in [0, 0.05) is 35.6 Å². The van der Waals surface area contributed by atoms with Gasteiger partial charge in [-0.2, -0.15) is 0 Å². The van der Waals surface area contributed by atoms with Crippen LogP contribution in [0.15, 0.2) is 46.9 Å². The van der Waals surface area contributed by atoms with Crippen molar-refractivity contribution in [3.05, 3.63) is 63.1 Å². The fourth-order valence-electron chi connectivity index (χ4n) is 3.80. The van der Waals surface area contributed by atoms with Gasteiger partial charge in [0.1, 0.15) is 6.04 Å². The van der Waals surface area contributed by atoms with Crippen molar-refractivity contribution < 1.29 is 18.0 Å². The molecule has 0 saturated heterocycles.